The smallest absolute Gasteiger partial charge is 0.280 e. The van der Waals surface area contributed by atoms with Crippen LogP contribution in [0.5, 0.6) is 0 Å². The highest BCUT2D eigenvalue weighted by Crippen LogP contribution is 2.40. The number of para-hydroxylation sites is 1. The number of nitrogens with one attached hydrogen (secondary N) is 1. The molecule has 2 aromatic carbocycles. The molecule has 0 bridgehead atoms. The maximum absolute atomic E-state index is 11.5. The molecule has 12 nitrogen and oxygen atoms in total. The van der Waals surface area contributed by atoms with E-state index in [9.17, 15) is 30.3 Å². The molecule has 0 spiro atoms. The predicted molar refractivity (Wildman–Crippen MR) is 101 cm³/mol. The third-order valence-electron chi connectivity index (χ3n) is 3.53. The Balaban J connectivity index is 2.19. The van der Waals surface area contributed by atoms with Crippen molar-refractivity contribution in [2.45, 2.75) is 0 Å². The van der Waals surface area contributed by atoms with Crippen molar-refractivity contribution in [2.24, 2.45) is 0 Å². The number of anilines is 3. The molecule has 3 aromatic rings. The van der Waals surface area contributed by atoms with Gasteiger partial charge in [0.2, 0.25) is 10.8 Å². The molecular weight excluding hydrogens is 392 g/mol. The van der Waals surface area contributed by atoms with Crippen molar-refractivity contribution in [3.05, 3.63) is 84.4 Å². The fourth-order valence-electron chi connectivity index (χ4n) is 2.34. The van der Waals surface area contributed by atoms with Gasteiger partial charge in [-0.25, -0.2) is 9.99 Å². The molecule has 0 saturated carbocycles. The first kappa shape index (κ1) is 18.7. The molecule has 13 heteroatoms. The van der Waals surface area contributed by atoms with Gasteiger partial charge in [-0.05, 0) is 12.1 Å². The van der Waals surface area contributed by atoms with Crippen LogP contribution in [-0.4, -0.2) is 19.8 Å². The van der Waals surface area contributed by atoms with Crippen LogP contribution in [0.15, 0.2) is 54.0 Å². The Morgan fingerprint density at radius 1 is 0.929 bits per heavy atom. The van der Waals surface area contributed by atoms with Gasteiger partial charge in [0.15, 0.2) is 0 Å². The second-order valence-electron chi connectivity index (χ2n) is 5.23. The predicted octanol–water partition coefficient (Wildman–Crippen LogP) is 4.03. The maximum Gasteiger partial charge on any atom is 0.308 e. The summed E-state index contributed by atoms with van der Waals surface area (Å²) in [6.45, 7) is 0. The lowest BCUT2D eigenvalue weighted by Crippen LogP contribution is -2.25. The van der Waals surface area contributed by atoms with Gasteiger partial charge >= 0.3 is 11.4 Å². The molecule has 0 atom stereocenters. The molecule has 142 valence electrons. The van der Waals surface area contributed by atoms with Crippen molar-refractivity contribution in [3.63, 3.8) is 0 Å². The van der Waals surface area contributed by atoms with E-state index in [4.69, 9.17) is 0 Å². The van der Waals surface area contributed by atoms with Crippen molar-refractivity contribution in [1.82, 2.24) is 4.98 Å². The largest absolute Gasteiger partial charge is 0.308 e. The Bertz CT molecular complexity index is 1010. The molecule has 3 rings (SSSR count). The fourth-order valence-corrected chi connectivity index (χ4v) is 2.96. The van der Waals surface area contributed by atoms with Crippen molar-refractivity contribution in [3.8, 4) is 0 Å². The zero-order valence-electron chi connectivity index (χ0n) is 13.8. The number of hydrogen-bond donors (Lipinski definition) is 1. The van der Waals surface area contributed by atoms with Gasteiger partial charge in [0.25, 0.3) is 5.69 Å². The zero-order chi connectivity index (χ0) is 20.3. The molecule has 0 amide bonds. The summed E-state index contributed by atoms with van der Waals surface area (Å²) in [6, 6.07) is 9.82. The second-order valence-corrected chi connectivity index (χ2v) is 6.10. The van der Waals surface area contributed by atoms with Crippen LogP contribution >= 0.6 is 11.3 Å². The lowest BCUT2D eigenvalue weighted by atomic mass is 10.2. The average Bonchev–Trinajstić information content (AvgIpc) is 3.20. The van der Waals surface area contributed by atoms with Crippen molar-refractivity contribution in [2.75, 3.05) is 10.4 Å². The third-order valence-corrected chi connectivity index (χ3v) is 4.29. The van der Waals surface area contributed by atoms with Gasteiger partial charge in [-0.15, -0.1) is 11.3 Å². The number of hydrogen-bond acceptors (Lipinski definition) is 10. The molecule has 0 unspecified atom stereocenters. The minimum atomic E-state index is -0.931. The molecule has 1 aromatic heterocycles. The fraction of sp³-hybridized carbons (Fsp3) is 0. The number of hydrazine groups is 1. The molecule has 0 saturated heterocycles. The molecule has 0 aliphatic rings. The van der Waals surface area contributed by atoms with Crippen LogP contribution in [-0.2, 0) is 0 Å². The number of nitro groups is 3. The maximum atomic E-state index is 11.5. The quantitative estimate of drug-likeness (QED) is 0.455. The summed E-state index contributed by atoms with van der Waals surface area (Å²) in [5.41, 5.74) is 0.264. The van der Waals surface area contributed by atoms with Gasteiger partial charge in [-0.2, -0.15) is 0 Å². The summed E-state index contributed by atoms with van der Waals surface area (Å²) < 4.78 is 0. The van der Waals surface area contributed by atoms with Crippen LogP contribution in [0.4, 0.5) is 33.6 Å². The Labute approximate surface area is 160 Å². The van der Waals surface area contributed by atoms with E-state index in [1.807, 2.05) is 0 Å². The van der Waals surface area contributed by atoms with Gasteiger partial charge in [0.1, 0.15) is 0 Å². The first-order chi connectivity index (χ1) is 13.4. The lowest BCUT2D eigenvalue weighted by molar-refractivity contribution is -0.401. The topological polar surface area (TPSA) is 158 Å². The Kier molecular flexibility index (Phi) is 5.08. The number of non-ortho nitro benzene ring substituents is 1. The Hall–Kier alpha value is -4.13. The van der Waals surface area contributed by atoms with E-state index in [0.29, 0.717) is 23.0 Å². The highest BCUT2D eigenvalue weighted by atomic mass is 32.1. The minimum absolute atomic E-state index is 0.355. The number of aromatic nitrogens is 1. The summed E-state index contributed by atoms with van der Waals surface area (Å²) in [5, 5.41) is 37.3. The molecule has 1 N–H and O–H groups in total. The molecule has 0 fully saturated rings. The van der Waals surface area contributed by atoms with Crippen LogP contribution in [0.1, 0.15) is 0 Å². The summed E-state index contributed by atoms with van der Waals surface area (Å²) in [7, 11) is 0. The van der Waals surface area contributed by atoms with E-state index in [0.717, 1.165) is 0 Å². The highest BCUT2D eigenvalue weighted by molar-refractivity contribution is 7.13. The van der Waals surface area contributed by atoms with Crippen molar-refractivity contribution >= 4 is 44.9 Å². The first-order valence-corrected chi connectivity index (χ1v) is 8.39. The zero-order valence-corrected chi connectivity index (χ0v) is 14.6. The summed E-state index contributed by atoms with van der Waals surface area (Å²) >= 11 is 1.19. The standard InChI is InChI=1S/C15H10N6O6S/c22-19(23)11-8-12(20(24)25)14(13(9-11)21(26)27)17-18(15-16-6-7-28-15)10-4-2-1-3-5-10/h1-9,17H. The van der Waals surface area contributed by atoms with Gasteiger partial charge < -0.3 is 0 Å². The van der Waals surface area contributed by atoms with Gasteiger partial charge in [-0.1, -0.05) is 18.2 Å². The number of nitrogens with zero attached hydrogens (tertiary/aromatic N) is 5. The van der Waals surface area contributed by atoms with E-state index >= 15 is 0 Å². The second kappa shape index (κ2) is 7.63. The van der Waals surface area contributed by atoms with Gasteiger partial charge in [0.05, 0.1) is 32.6 Å². The number of benzene rings is 2. The van der Waals surface area contributed by atoms with E-state index in [2.05, 4.69) is 10.4 Å². The molecular formula is C15H10N6O6S. The SMILES string of the molecule is O=[N+]([O-])c1cc([N+](=O)[O-])c(NN(c2ccccc2)c2nccs2)c([N+](=O)[O-])c1. The Morgan fingerprint density at radius 3 is 2.00 bits per heavy atom. The molecule has 0 aliphatic carbocycles. The van der Waals surface area contributed by atoms with Gasteiger partial charge in [-0.3, -0.25) is 35.8 Å². The normalized spacial score (nSPS) is 10.3. The van der Waals surface area contributed by atoms with Crippen LogP contribution in [0.2, 0.25) is 0 Å². The van der Waals surface area contributed by atoms with Crippen LogP contribution < -0.4 is 10.4 Å². The van der Waals surface area contributed by atoms with Crippen molar-refractivity contribution < 1.29 is 14.8 Å². The van der Waals surface area contributed by atoms with E-state index in [1.54, 1.807) is 35.7 Å². The summed E-state index contributed by atoms with van der Waals surface area (Å²) in [6.07, 6.45) is 1.50. The summed E-state index contributed by atoms with van der Waals surface area (Å²) in [5.74, 6) is 0. The van der Waals surface area contributed by atoms with Crippen LogP contribution in [0.3, 0.4) is 0 Å². The lowest BCUT2D eigenvalue weighted by Gasteiger charge is -2.23. The van der Waals surface area contributed by atoms with E-state index in [1.165, 1.54) is 22.5 Å². The average molecular weight is 402 g/mol. The molecule has 28 heavy (non-hydrogen) atoms. The first-order valence-electron chi connectivity index (χ1n) is 7.51. The molecule has 0 radical (unpaired) electrons. The number of thiazole rings is 1. The van der Waals surface area contributed by atoms with Crippen LogP contribution in [0, 0.1) is 30.3 Å². The highest BCUT2D eigenvalue weighted by Gasteiger charge is 2.32. The monoisotopic (exact) mass is 402 g/mol. The van der Waals surface area contributed by atoms with E-state index in [-0.39, 0.29) is 0 Å². The minimum Gasteiger partial charge on any atom is -0.280 e. The molecule has 0 aliphatic heterocycles. The van der Waals surface area contributed by atoms with E-state index < -0.39 is 37.5 Å². The summed E-state index contributed by atoms with van der Waals surface area (Å²) in [4.78, 5) is 35.3. The number of nitro benzene ring substituents is 3. The van der Waals surface area contributed by atoms with Crippen molar-refractivity contribution in [1.29, 1.82) is 0 Å². The third kappa shape index (κ3) is 3.68. The number of rotatable bonds is 7. The Morgan fingerprint density at radius 2 is 1.54 bits per heavy atom. The van der Waals surface area contributed by atoms with Crippen LogP contribution in [0.25, 0.3) is 0 Å². The van der Waals surface area contributed by atoms with Gasteiger partial charge in [0, 0.05) is 11.6 Å². The molecule has 1 heterocycles.